The van der Waals surface area contributed by atoms with Crippen molar-refractivity contribution < 1.29 is 32.6 Å². The van der Waals surface area contributed by atoms with Crippen molar-refractivity contribution in [1.82, 2.24) is 9.88 Å². The van der Waals surface area contributed by atoms with Gasteiger partial charge >= 0.3 is 12.1 Å². The number of halogens is 3. The molecule has 1 aromatic heterocycles. The maximum absolute atomic E-state index is 12.0. The first-order valence-electron chi connectivity index (χ1n) is 9.23. The molecule has 0 aromatic carbocycles. The van der Waals surface area contributed by atoms with Crippen LogP contribution in [0.25, 0.3) is 0 Å². The number of carboxylic acids is 1. The Morgan fingerprint density at radius 1 is 1.34 bits per heavy atom. The number of alkyl halides is 3. The van der Waals surface area contributed by atoms with Crippen molar-refractivity contribution in [2.24, 2.45) is 5.92 Å². The molecular weight excluding hydrogens is 409 g/mol. The fourth-order valence-electron chi connectivity index (χ4n) is 3.13. The molecule has 1 N–H and O–H groups in total. The third kappa shape index (κ3) is 7.18. The molecule has 1 amide bonds. The monoisotopic (exact) mass is 434 g/mol. The van der Waals surface area contributed by atoms with Crippen LogP contribution in [0.5, 0.6) is 0 Å². The van der Waals surface area contributed by atoms with Gasteiger partial charge in [0.05, 0.1) is 17.5 Å². The normalized spacial score (nSPS) is 20.2. The largest absolute Gasteiger partial charge is 0.490 e. The highest BCUT2D eigenvalue weighted by atomic mass is 32.2. The van der Waals surface area contributed by atoms with Gasteiger partial charge in [0.2, 0.25) is 5.91 Å². The van der Waals surface area contributed by atoms with Gasteiger partial charge in [-0.25, -0.2) is 4.79 Å². The van der Waals surface area contributed by atoms with E-state index in [9.17, 15) is 18.0 Å². The van der Waals surface area contributed by atoms with Gasteiger partial charge in [-0.15, -0.1) is 11.8 Å². The number of nitrogens with zero attached hydrogens (tertiary/aromatic N) is 2. The zero-order valence-corrected chi connectivity index (χ0v) is 17.1. The quantitative estimate of drug-likeness (QED) is 0.766. The number of amides is 1. The maximum Gasteiger partial charge on any atom is 0.490 e. The number of carbonyl (C=O) groups is 2. The summed E-state index contributed by atoms with van der Waals surface area (Å²) in [6, 6.07) is 3.99. The minimum atomic E-state index is -5.08. The number of ether oxygens (including phenoxy) is 1. The molecule has 2 aliphatic heterocycles. The highest BCUT2D eigenvalue weighted by Gasteiger charge is 2.50. The second-order valence-corrected chi connectivity index (χ2v) is 9.13. The van der Waals surface area contributed by atoms with E-state index in [4.69, 9.17) is 14.6 Å². The Hall–Kier alpha value is -1.81. The Morgan fingerprint density at radius 3 is 2.45 bits per heavy atom. The van der Waals surface area contributed by atoms with E-state index in [1.807, 2.05) is 28.8 Å². The molecule has 162 valence electrons. The van der Waals surface area contributed by atoms with Gasteiger partial charge in [-0.3, -0.25) is 9.78 Å². The number of likely N-dealkylation sites (tertiary alicyclic amines) is 1. The minimum absolute atomic E-state index is 0.259. The fraction of sp³-hybridized carbons (Fsp3) is 0.632. The zero-order valence-electron chi connectivity index (χ0n) is 16.3. The molecule has 0 bridgehead atoms. The molecule has 1 unspecified atom stereocenters. The number of carbonyl (C=O) groups excluding carboxylic acids is 1. The second kappa shape index (κ2) is 9.80. The van der Waals surface area contributed by atoms with Crippen LogP contribution >= 0.6 is 11.8 Å². The van der Waals surface area contributed by atoms with Crippen molar-refractivity contribution in [2.75, 3.05) is 18.8 Å². The molecule has 1 atom stereocenters. The van der Waals surface area contributed by atoms with Crippen LogP contribution in [0.2, 0.25) is 0 Å². The number of hydrogen-bond acceptors (Lipinski definition) is 5. The summed E-state index contributed by atoms with van der Waals surface area (Å²) < 4.78 is 38.0. The van der Waals surface area contributed by atoms with Crippen molar-refractivity contribution in [2.45, 2.75) is 50.3 Å². The molecule has 6 nitrogen and oxygen atoms in total. The molecule has 2 saturated heterocycles. The van der Waals surface area contributed by atoms with Crippen molar-refractivity contribution in [1.29, 1.82) is 0 Å². The first-order valence-corrected chi connectivity index (χ1v) is 10.2. The van der Waals surface area contributed by atoms with E-state index in [1.54, 1.807) is 12.4 Å². The van der Waals surface area contributed by atoms with Crippen molar-refractivity contribution in [3.8, 4) is 0 Å². The topological polar surface area (TPSA) is 79.7 Å². The lowest BCUT2D eigenvalue weighted by Gasteiger charge is -2.47. The van der Waals surface area contributed by atoms with Crippen molar-refractivity contribution in [3.63, 3.8) is 0 Å². The van der Waals surface area contributed by atoms with Crippen LogP contribution in [0.3, 0.4) is 0 Å². The number of thioether (sulfide) groups is 1. The molecule has 3 heterocycles. The van der Waals surface area contributed by atoms with E-state index in [-0.39, 0.29) is 4.75 Å². The van der Waals surface area contributed by atoms with Crippen LogP contribution in [0.1, 0.15) is 32.3 Å². The first kappa shape index (κ1) is 23.5. The van der Waals surface area contributed by atoms with Gasteiger partial charge in [0.15, 0.2) is 0 Å². The van der Waals surface area contributed by atoms with E-state index < -0.39 is 12.1 Å². The Bertz CT molecular complexity index is 694. The fourth-order valence-corrected chi connectivity index (χ4v) is 4.68. The SMILES string of the molecule is CC(C)CC(=O)N1CC2(CC(OCc3ccncc3)CS2)C1.O=C(O)C(F)(F)F. The molecule has 1 spiro atoms. The Balaban J connectivity index is 0.000000370. The van der Waals surface area contributed by atoms with Gasteiger partial charge < -0.3 is 14.7 Å². The number of carboxylic acid groups (broad SMARTS) is 1. The molecule has 29 heavy (non-hydrogen) atoms. The van der Waals surface area contributed by atoms with E-state index in [0.717, 1.165) is 25.3 Å². The first-order chi connectivity index (χ1) is 13.5. The molecule has 0 saturated carbocycles. The predicted octanol–water partition coefficient (Wildman–Crippen LogP) is 3.36. The predicted molar refractivity (Wildman–Crippen MR) is 102 cm³/mol. The summed E-state index contributed by atoms with van der Waals surface area (Å²) in [7, 11) is 0. The van der Waals surface area contributed by atoms with Crippen LogP contribution < -0.4 is 0 Å². The van der Waals surface area contributed by atoms with E-state index in [0.29, 0.717) is 31.0 Å². The molecular formula is C19H25F3N2O4S. The zero-order chi connectivity index (χ0) is 21.7. The van der Waals surface area contributed by atoms with Crippen LogP contribution in [0, 0.1) is 5.92 Å². The second-order valence-electron chi connectivity index (χ2n) is 7.64. The number of hydrogen-bond donors (Lipinski definition) is 1. The van der Waals surface area contributed by atoms with Gasteiger partial charge in [-0.2, -0.15) is 13.2 Å². The van der Waals surface area contributed by atoms with E-state index >= 15 is 0 Å². The maximum atomic E-state index is 12.0. The number of pyridine rings is 1. The summed E-state index contributed by atoms with van der Waals surface area (Å²) in [6.45, 7) is 6.65. The molecule has 3 rings (SSSR count). The molecule has 0 radical (unpaired) electrons. The van der Waals surface area contributed by atoms with Crippen LogP contribution in [-0.2, 0) is 20.9 Å². The summed E-state index contributed by atoms with van der Waals surface area (Å²) >= 11 is 1.98. The smallest absolute Gasteiger partial charge is 0.475 e. The summed E-state index contributed by atoms with van der Waals surface area (Å²) in [4.78, 5) is 27.0. The van der Waals surface area contributed by atoms with Gasteiger partial charge in [-0.1, -0.05) is 13.8 Å². The molecule has 2 aliphatic rings. The Labute approximate surface area is 171 Å². The number of aromatic nitrogens is 1. The molecule has 2 fully saturated rings. The van der Waals surface area contributed by atoms with Gasteiger partial charge in [0.25, 0.3) is 0 Å². The average Bonchev–Trinajstić information content (AvgIpc) is 3.03. The van der Waals surface area contributed by atoms with Crippen molar-refractivity contribution >= 4 is 23.6 Å². The van der Waals surface area contributed by atoms with Crippen LogP contribution in [0.4, 0.5) is 13.2 Å². The van der Waals surface area contributed by atoms with E-state index in [1.165, 1.54) is 5.56 Å². The lowest BCUT2D eigenvalue weighted by molar-refractivity contribution is -0.192. The Morgan fingerprint density at radius 2 is 1.93 bits per heavy atom. The van der Waals surface area contributed by atoms with Crippen LogP contribution in [0.15, 0.2) is 24.5 Å². The summed E-state index contributed by atoms with van der Waals surface area (Å²) in [5.74, 6) is -0.969. The minimum Gasteiger partial charge on any atom is -0.475 e. The molecule has 10 heteroatoms. The van der Waals surface area contributed by atoms with Crippen LogP contribution in [-0.4, -0.2) is 62.7 Å². The van der Waals surface area contributed by atoms with E-state index in [2.05, 4.69) is 18.8 Å². The molecule has 0 aliphatic carbocycles. The average molecular weight is 434 g/mol. The van der Waals surface area contributed by atoms with Gasteiger partial charge in [-0.05, 0) is 30.0 Å². The highest BCUT2D eigenvalue weighted by molar-refractivity contribution is 8.01. The third-order valence-electron chi connectivity index (χ3n) is 4.55. The standard InChI is InChI=1S/C17H24N2O2S.C2HF3O2/c1-13(2)7-16(20)19-11-17(12-19)8-15(10-22-17)21-9-14-3-5-18-6-4-14;3-2(4,5)1(6)7/h3-6,13,15H,7-12H2,1-2H3;(H,6,7). The third-order valence-corrected chi connectivity index (χ3v) is 6.12. The van der Waals surface area contributed by atoms with Gasteiger partial charge in [0, 0.05) is 37.7 Å². The molecule has 1 aromatic rings. The lowest BCUT2D eigenvalue weighted by atomic mass is 9.92. The van der Waals surface area contributed by atoms with Gasteiger partial charge in [0.1, 0.15) is 0 Å². The summed E-state index contributed by atoms with van der Waals surface area (Å²) in [5.41, 5.74) is 1.17. The highest BCUT2D eigenvalue weighted by Crippen LogP contribution is 2.46. The number of aliphatic carboxylic acids is 1. The number of rotatable bonds is 5. The van der Waals surface area contributed by atoms with Crippen molar-refractivity contribution in [3.05, 3.63) is 30.1 Å². The Kier molecular flexibility index (Phi) is 7.93. The lowest BCUT2D eigenvalue weighted by Crippen LogP contribution is -2.60. The summed E-state index contributed by atoms with van der Waals surface area (Å²) in [5, 5.41) is 7.12. The summed E-state index contributed by atoms with van der Waals surface area (Å²) in [6.07, 6.45) is 0.554.